The number of nitrogens with zero attached hydrogens (tertiary/aromatic N) is 1. The van der Waals surface area contributed by atoms with Crippen LogP contribution in [0.2, 0.25) is 0 Å². The van der Waals surface area contributed by atoms with E-state index in [-0.39, 0.29) is 36.1 Å². The quantitative estimate of drug-likeness (QED) is 0.773. The summed E-state index contributed by atoms with van der Waals surface area (Å²) in [5, 5.41) is 12.1. The molecule has 0 spiro atoms. The molecule has 3 rings (SSSR count). The van der Waals surface area contributed by atoms with Crippen LogP contribution in [-0.2, 0) is 4.79 Å². The van der Waals surface area contributed by atoms with E-state index in [0.29, 0.717) is 30.9 Å². The molecule has 0 bridgehead atoms. The van der Waals surface area contributed by atoms with E-state index < -0.39 is 5.82 Å². The summed E-state index contributed by atoms with van der Waals surface area (Å²) >= 11 is 0. The van der Waals surface area contributed by atoms with Crippen LogP contribution in [0.3, 0.4) is 0 Å². The lowest BCUT2D eigenvalue weighted by atomic mass is 9.89. The van der Waals surface area contributed by atoms with E-state index in [1.807, 2.05) is 27.7 Å². The second-order valence-electron chi connectivity index (χ2n) is 6.98. The third-order valence-corrected chi connectivity index (χ3v) is 4.69. The molecular formula is C22H35FN2O3. The van der Waals surface area contributed by atoms with Crippen molar-refractivity contribution in [2.24, 2.45) is 5.92 Å². The Morgan fingerprint density at radius 1 is 1.18 bits per heavy atom. The van der Waals surface area contributed by atoms with Crippen LogP contribution in [0.25, 0.3) is 0 Å². The van der Waals surface area contributed by atoms with E-state index in [4.69, 9.17) is 0 Å². The van der Waals surface area contributed by atoms with Gasteiger partial charge in [0.1, 0.15) is 5.82 Å². The van der Waals surface area contributed by atoms with Gasteiger partial charge in [0.15, 0.2) is 0 Å². The molecule has 2 N–H and O–H groups in total. The molecule has 2 fully saturated rings. The van der Waals surface area contributed by atoms with Gasteiger partial charge in [0.05, 0.1) is 12.6 Å². The molecular weight excluding hydrogens is 359 g/mol. The predicted molar refractivity (Wildman–Crippen MR) is 110 cm³/mol. The van der Waals surface area contributed by atoms with Crippen LogP contribution in [0.4, 0.5) is 4.39 Å². The Hall–Kier alpha value is -1.95. The maximum absolute atomic E-state index is 13.7. The Balaban J connectivity index is 0.000000921. The molecule has 0 saturated heterocycles. The smallest absolute Gasteiger partial charge is 0.254 e. The van der Waals surface area contributed by atoms with Gasteiger partial charge < -0.3 is 15.3 Å². The number of aryl methyl sites for hydroxylation is 1. The molecule has 0 aromatic heterocycles. The lowest BCUT2D eigenvalue weighted by Gasteiger charge is -2.32. The van der Waals surface area contributed by atoms with Crippen LogP contribution in [-0.4, -0.2) is 47.1 Å². The van der Waals surface area contributed by atoms with Crippen LogP contribution < -0.4 is 5.32 Å². The fourth-order valence-electron chi connectivity index (χ4n) is 2.89. The third kappa shape index (κ3) is 7.23. The molecule has 2 saturated carbocycles. The minimum Gasteiger partial charge on any atom is -0.393 e. The summed E-state index contributed by atoms with van der Waals surface area (Å²) < 4.78 is 13.7. The Morgan fingerprint density at radius 3 is 2.29 bits per heavy atom. The van der Waals surface area contributed by atoms with Gasteiger partial charge in [0.2, 0.25) is 5.91 Å². The molecule has 0 radical (unpaired) electrons. The lowest BCUT2D eigenvalue weighted by Crippen LogP contribution is -2.50. The standard InChI is InChI=1S/C18H23FN2O3.2C2H6/c1-11-2-5-13(6-16(11)19)18(24)21(9-12-3-4-12)10-17(23)20-14-7-15(22)8-14;2*1-2/h2,5-6,12,14-15,22H,3-4,7-10H2,1H3,(H,20,23);2*1-2H3. The third-order valence-electron chi connectivity index (χ3n) is 4.69. The highest BCUT2D eigenvalue weighted by atomic mass is 19.1. The number of amides is 2. The van der Waals surface area contributed by atoms with Gasteiger partial charge in [-0.1, -0.05) is 33.8 Å². The molecule has 2 aliphatic carbocycles. The van der Waals surface area contributed by atoms with Gasteiger partial charge >= 0.3 is 0 Å². The number of aliphatic hydroxyl groups is 1. The molecule has 2 aliphatic rings. The average Bonchev–Trinajstić information content (AvgIpc) is 3.49. The van der Waals surface area contributed by atoms with Crippen molar-refractivity contribution >= 4 is 11.8 Å². The number of hydrogen-bond acceptors (Lipinski definition) is 3. The fraction of sp³-hybridized carbons (Fsp3) is 0.636. The zero-order chi connectivity index (χ0) is 21.3. The van der Waals surface area contributed by atoms with Crippen molar-refractivity contribution in [2.45, 2.75) is 72.4 Å². The van der Waals surface area contributed by atoms with Gasteiger partial charge in [-0.2, -0.15) is 0 Å². The number of rotatable bonds is 6. The summed E-state index contributed by atoms with van der Waals surface area (Å²) in [5.41, 5.74) is 0.757. The highest BCUT2D eigenvalue weighted by Crippen LogP contribution is 2.30. The molecule has 0 aliphatic heterocycles. The molecule has 2 amide bonds. The first-order valence-corrected chi connectivity index (χ1v) is 10.4. The van der Waals surface area contributed by atoms with Crippen molar-refractivity contribution in [3.8, 4) is 0 Å². The molecule has 0 heterocycles. The SMILES string of the molecule is CC.CC.Cc1ccc(C(=O)N(CC(=O)NC2CC(O)C2)CC2CC2)cc1F. The number of nitrogens with one attached hydrogen (secondary N) is 1. The number of benzene rings is 1. The van der Waals surface area contributed by atoms with E-state index in [2.05, 4.69) is 5.32 Å². The normalized spacial score (nSPS) is 19.8. The van der Waals surface area contributed by atoms with Crippen molar-refractivity contribution in [3.63, 3.8) is 0 Å². The summed E-state index contributed by atoms with van der Waals surface area (Å²) in [7, 11) is 0. The molecule has 0 unspecified atom stereocenters. The Morgan fingerprint density at radius 2 is 1.79 bits per heavy atom. The Kier molecular flexibility index (Phi) is 10.1. The highest BCUT2D eigenvalue weighted by Gasteiger charge is 2.31. The van der Waals surface area contributed by atoms with E-state index in [0.717, 1.165) is 12.8 Å². The van der Waals surface area contributed by atoms with Crippen LogP contribution in [0.1, 0.15) is 69.3 Å². The summed E-state index contributed by atoms with van der Waals surface area (Å²) in [6.07, 6.45) is 2.90. The van der Waals surface area contributed by atoms with Crippen LogP contribution >= 0.6 is 0 Å². The summed E-state index contributed by atoms with van der Waals surface area (Å²) in [5.74, 6) is -0.527. The number of carbonyl (C=O) groups is 2. The molecule has 6 heteroatoms. The molecule has 5 nitrogen and oxygen atoms in total. The number of aliphatic hydroxyl groups excluding tert-OH is 1. The summed E-state index contributed by atoms with van der Waals surface area (Å²) in [6.45, 7) is 10.1. The van der Waals surface area contributed by atoms with Crippen LogP contribution in [0, 0.1) is 18.7 Å². The fourth-order valence-corrected chi connectivity index (χ4v) is 2.89. The second-order valence-corrected chi connectivity index (χ2v) is 6.98. The van der Waals surface area contributed by atoms with Gasteiger partial charge in [0, 0.05) is 18.2 Å². The largest absolute Gasteiger partial charge is 0.393 e. The van der Waals surface area contributed by atoms with Crippen molar-refractivity contribution in [1.82, 2.24) is 10.2 Å². The molecule has 0 atom stereocenters. The number of carbonyl (C=O) groups excluding carboxylic acids is 2. The van der Waals surface area contributed by atoms with Crippen molar-refractivity contribution in [1.29, 1.82) is 0 Å². The van der Waals surface area contributed by atoms with Gasteiger partial charge in [-0.25, -0.2) is 4.39 Å². The molecule has 28 heavy (non-hydrogen) atoms. The van der Waals surface area contributed by atoms with Crippen molar-refractivity contribution in [2.75, 3.05) is 13.1 Å². The molecule has 158 valence electrons. The van der Waals surface area contributed by atoms with E-state index >= 15 is 0 Å². The van der Waals surface area contributed by atoms with Crippen molar-refractivity contribution < 1.29 is 19.1 Å². The Bertz CT molecular complexity index is 641. The first-order valence-electron chi connectivity index (χ1n) is 10.4. The summed E-state index contributed by atoms with van der Waals surface area (Å²) in [4.78, 5) is 26.3. The van der Waals surface area contributed by atoms with Gasteiger partial charge in [-0.15, -0.1) is 0 Å². The number of halogens is 1. The predicted octanol–water partition coefficient (Wildman–Crippen LogP) is 3.68. The topological polar surface area (TPSA) is 69.6 Å². The summed E-state index contributed by atoms with van der Waals surface area (Å²) in [6, 6.07) is 4.40. The maximum atomic E-state index is 13.7. The van der Waals surface area contributed by atoms with E-state index in [1.54, 1.807) is 19.1 Å². The zero-order valence-electron chi connectivity index (χ0n) is 17.8. The second kappa shape index (κ2) is 11.8. The van der Waals surface area contributed by atoms with E-state index in [1.165, 1.54) is 11.0 Å². The zero-order valence-corrected chi connectivity index (χ0v) is 17.8. The monoisotopic (exact) mass is 394 g/mol. The lowest BCUT2D eigenvalue weighted by molar-refractivity contribution is -0.123. The van der Waals surface area contributed by atoms with Crippen LogP contribution in [0.5, 0.6) is 0 Å². The first kappa shape index (κ1) is 24.1. The van der Waals surface area contributed by atoms with Gasteiger partial charge in [-0.05, 0) is 56.2 Å². The molecule has 1 aromatic carbocycles. The maximum Gasteiger partial charge on any atom is 0.254 e. The van der Waals surface area contributed by atoms with Crippen LogP contribution in [0.15, 0.2) is 18.2 Å². The highest BCUT2D eigenvalue weighted by molar-refractivity contribution is 5.96. The number of hydrogen-bond donors (Lipinski definition) is 2. The molecule has 1 aromatic rings. The van der Waals surface area contributed by atoms with Gasteiger partial charge in [-0.3, -0.25) is 9.59 Å². The van der Waals surface area contributed by atoms with E-state index in [9.17, 15) is 19.1 Å². The minimum atomic E-state index is -0.417. The Labute approximate surface area is 168 Å². The first-order chi connectivity index (χ1) is 13.4. The van der Waals surface area contributed by atoms with Gasteiger partial charge in [0.25, 0.3) is 5.91 Å². The van der Waals surface area contributed by atoms with Crippen molar-refractivity contribution in [3.05, 3.63) is 35.1 Å². The average molecular weight is 395 g/mol. The minimum absolute atomic E-state index is 0.0119.